The van der Waals surface area contributed by atoms with E-state index in [1.54, 1.807) is 24.3 Å². The highest BCUT2D eigenvalue weighted by molar-refractivity contribution is 5.94. The minimum absolute atomic E-state index is 0.0294. The van der Waals surface area contributed by atoms with Crippen LogP contribution in [0.1, 0.15) is 55.6 Å². The van der Waals surface area contributed by atoms with Crippen LogP contribution in [0.3, 0.4) is 0 Å². The fourth-order valence-corrected chi connectivity index (χ4v) is 8.57. The zero-order chi connectivity index (χ0) is 46.2. The van der Waals surface area contributed by atoms with Crippen molar-refractivity contribution in [1.82, 2.24) is 31.1 Å². The first kappa shape index (κ1) is 46.7. The molecule has 0 spiro atoms. The summed E-state index contributed by atoms with van der Waals surface area (Å²) in [6.45, 7) is 7.04. The highest BCUT2D eigenvalue weighted by atomic mass is 16.3. The lowest BCUT2D eigenvalue weighted by Gasteiger charge is -2.26. The standard InChI is InChI=1S/C48H58N8O8/c1-27-15-35(57)16-28(2)37(27)21-39(49)45(61)53-41-19-31-9-5-7-11-33(31)23-55(47(41)63)25-43(59)51-13-14-52-44(60)26-56-24-34-12-8-6-10-32(34)20-42(48(56)64)54-46(62)40(50)22-38-29(3)17-36(58)18-30(38)4/h5-12,15-18,39-42,57-58H,13-14,19-26,49-50H2,1-4H3,(H,51,59)(H,52,60)(H,53,61)(H,54,62)/t39-,40-,41+,42+/m0/s1. The van der Waals surface area contributed by atoms with E-state index in [0.29, 0.717) is 0 Å². The van der Waals surface area contributed by atoms with Crippen molar-refractivity contribution in [3.8, 4) is 11.5 Å². The molecule has 0 aliphatic carbocycles. The van der Waals surface area contributed by atoms with Crippen molar-refractivity contribution in [2.45, 2.75) is 90.6 Å². The van der Waals surface area contributed by atoms with Gasteiger partial charge < -0.3 is 52.7 Å². The van der Waals surface area contributed by atoms with E-state index in [0.717, 1.165) is 55.6 Å². The van der Waals surface area contributed by atoms with Crippen molar-refractivity contribution >= 4 is 35.4 Å². The third kappa shape index (κ3) is 11.6. The normalized spacial score (nSPS) is 17.0. The summed E-state index contributed by atoms with van der Waals surface area (Å²) in [7, 11) is 0. The average molecular weight is 875 g/mol. The lowest BCUT2D eigenvalue weighted by atomic mass is 9.95. The van der Waals surface area contributed by atoms with Crippen molar-refractivity contribution in [3.63, 3.8) is 0 Å². The van der Waals surface area contributed by atoms with E-state index in [9.17, 15) is 39.0 Å². The van der Waals surface area contributed by atoms with Crippen LogP contribution in [0.25, 0.3) is 0 Å². The molecule has 6 amide bonds. The van der Waals surface area contributed by atoms with Gasteiger partial charge in [-0.15, -0.1) is 0 Å². The van der Waals surface area contributed by atoms with Crippen LogP contribution in [0.15, 0.2) is 72.8 Å². The number of nitrogens with zero attached hydrogens (tertiary/aromatic N) is 2. The number of phenolic OH excluding ortho intramolecular Hbond substituents is 2. The molecule has 16 heteroatoms. The zero-order valence-corrected chi connectivity index (χ0v) is 36.7. The van der Waals surface area contributed by atoms with Gasteiger partial charge in [-0.3, -0.25) is 28.8 Å². The predicted molar refractivity (Wildman–Crippen MR) is 240 cm³/mol. The molecule has 0 saturated carbocycles. The van der Waals surface area contributed by atoms with Crippen LogP contribution in [0.5, 0.6) is 11.5 Å². The Bertz CT molecular complexity index is 2230. The Hall–Kier alpha value is -6.78. The number of rotatable bonds is 15. The molecule has 0 bridgehead atoms. The van der Waals surface area contributed by atoms with Crippen molar-refractivity contribution in [2.75, 3.05) is 26.2 Å². The van der Waals surface area contributed by atoms with Crippen LogP contribution in [-0.2, 0) is 67.5 Å². The average Bonchev–Trinajstić information content (AvgIpc) is 3.45. The van der Waals surface area contributed by atoms with Crippen LogP contribution in [0.2, 0.25) is 0 Å². The molecule has 4 aromatic carbocycles. The summed E-state index contributed by atoms with van der Waals surface area (Å²) in [5, 5.41) is 31.0. The number of carbonyl (C=O) groups excluding carboxylic acids is 6. The molecule has 4 atom stereocenters. The molecule has 64 heavy (non-hydrogen) atoms. The molecule has 0 fully saturated rings. The topological polar surface area (TPSA) is 250 Å². The van der Waals surface area contributed by atoms with Gasteiger partial charge in [0.05, 0.1) is 25.2 Å². The fourth-order valence-electron chi connectivity index (χ4n) is 8.57. The lowest BCUT2D eigenvalue weighted by Crippen LogP contribution is -2.54. The van der Waals surface area contributed by atoms with Crippen LogP contribution >= 0.6 is 0 Å². The number of nitrogens with one attached hydrogen (secondary N) is 4. The van der Waals surface area contributed by atoms with Crippen LogP contribution in [0.4, 0.5) is 0 Å². The van der Waals surface area contributed by atoms with Crippen molar-refractivity contribution in [2.24, 2.45) is 11.5 Å². The predicted octanol–water partition coefficient (Wildman–Crippen LogP) is 1.14. The Labute approximate surface area is 372 Å². The number of amides is 6. The maximum Gasteiger partial charge on any atom is 0.246 e. The molecule has 2 aliphatic rings. The number of hydrogen-bond acceptors (Lipinski definition) is 10. The van der Waals surface area contributed by atoms with Gasteiger partial charge in [0.15, 0.2) is 0 Å². The number of benzene rings is 4. The largest absolute Gasteiger partial charge is 0.508 e. The SMILES string of the molecule is Cc1cc(O)cc(C)c1C[C@H](N)C(=O)N[C@@H]1Cc2ccccc2CN(CC(=O)NCCNC(=O)CN2Cc3ccccc3C[C@@H](NC(=O)[C@@H](N)Cc3c(C)cc(O)cc3C)C2=O)C1=O. The van der Waals surface area contributed by atoms with E-state index >= 15 is 0 Å². The maximum absolute atomic E-state index is 13.9. The third-order valence-corrected chi connectivity index (χ3v) is 12.0. The Morgan fingerprint density at radius 3 is 1.27 bits per heavy atom. The van der Waals surface area contributed by atoms with E-state index in [1.165, 1.54) is 9.80 Å². The molecule has 2 heterocycles. The van der Waals surface area contributed by atoms with Crippen LogP contribution in [-0.4, -0.2) is 106 Å². The van der Waals surface area contributed by atoms with Crippen LogP contribution in [0, 0.1) is 27.7 Å². The number of aromatic hydroxyl groups is 2. The van der Waals surface area contributed by atoms with E-state index < -0.39 is 59.6 Å². The summed E-state index contributed by atoms with van der Waals surface area (Å²) >= 11 is 0. The second kappa shape index (κ2) is 20.6. The highest BCUT2D eigenvalue weighted by Gasteiger charge is 2.35. The van der Waals surface area contributed by atoms with Gasteiger partial charge in [0.1, 0.15) is 23.6 Å². The summed E-state index contributed by atoms with van der Waals surface area (Å²) in [5.74, 6) is -2.64. The Kier molecular flexibility index (Phi) is 15.0. The van der Waals surface area contributed by atoms with E-state index in [1.807, 2.05) is 76.2 Å². The summed E-state index contributed by atoms with van der Waals surface area (Å²) < 4.78 is 0. The van der Waals surface area contributed by atoms with Crippen molar-refractivity contribution < 1.29 is 39.0 Å². The van der Waals surface area contributed by atoms with Gasteiger partial charge in [0, 0.05) is 39.0 Å². The Morgan fingerprint density at radius 1 is 0.594 bits per heavy atom. The lowest BCUT2D eigenvalue weighted by molar-refractivity contribution is -0.140. The summed E-state index contributed by atoms with van der Waals surface area (Å²) in [4.78, 5) is 83.8. The van der Waals surface area contributed by atoms with Crippen LogP contribution < -0.4 is 32.7 Å². The van der Waals surface area contributed by atoms with Gasteiger partial charge in [-0.05, 0) is 120 Å². The molecule has 0 saturated heterocycles. The van der Waals surface area contributed by atoms with E-state index in [2.05, 4.69) is 21.3 Å². The summed E-state index contributed by atoms with van der Waals surface area (Å²) in [6.07, 6.45) is 0.815. The first-order valence-electron chi connectivity index (χ1n) is 21.4. The number of nitrogens with two attached hydrogens (primary N) is 2. The minimum atomic E-state index is -0.978. The third-order valence-electron chi connectivity index (χ3n) is 12.0. The number of fused-ring (bicyclic) bond motifs is 2. The van der Waals surface area contributed by atoms with Crippen molar-refractivity contribution in [3.05, 3.63) is 128 Å². The van der Waals surface area contributed by atoms with Gasteiger partial charge in [0.25, 0.3) is 0 Å². The molecule has 0 aromatic heterocycles. The van der Waals surface area contributed by atoms with Gasteiger partial charge in [-0.1, -0.05) is 48.5 Å². The molecule has 10 N–H and O–H groups in total. The van der Waals surface area contributed by atoms with Gasteiger partial charge >= 0.3 is 0 Å². The first-order valence-corrected chi connectivity index (χ1v) is 21.4. The molecule has 0 unspecified atom stereocenters. The van der Waals surface area contributed by atoms with Gasteiger partial charge in [-0.2, -0.15) is 0 Å². The molecular weight excluding hydrogens is 817 g/mol. The van der Waals surface area contributed by atoms with E-state index in [4.69, 9.17) is 11.5 Å². The molecule has 0 radical (unpaired) electrons. The molecular formula is C48H58N8O8. The van der Waals surface area contributed by atoms with Gasteiger partial charge in [0.2, 0.25) is 35.4 Å². The monoisotopic (exact) mass is 874 g/mol. The smallest absolute Gasteiger partial charge is 0.246 e. The zero-order valence-electron chi connectivity index (χ0n) is 36.7. The minimum Gasteiger partial charge on any atom is -0.508 e. The van der Waals surface area contributed by atoms with E-state index in [-0.39, 0.29) is 76.5 Å². The molecule has 16 nitrogen and oxygen atoms in total. The Balaban J connectivity index is 1.02. The summed E-state index contributed by atoms with van der Waals surface area (Å²) in [6, 6.07) is 17.4. The molecule has 2 aliphatic heterocycles. The fraction of sp³-hybridized carbons (Fsp3) is 0.375. The maximum atomic E-state index is 13.9. The molecule has 4 aromatic rings. The number of phenols is 2. The Morgan fingerprint density at radius 2 is 0.922 bits per heavy atom. The second-order valence-corrected chi connectivity index (χ2v) is 16.9. The second-order valence-electron chi connectivity index (χ2n) is 16.9. The number of carbonyl (C=O) groups is 6. The summed E-state index contributed by atoms with van der Waals surface area (Å²) in [5.41, 5.74) is 20.9. The first-order chi connectivity index (χ1) is 30.5. The van der Waals surface area contributed by atoms with Gasteiger partial charge in [-0.25, -0.2) is 0 Å². The molecule has 6 rings (SSSR count). The number of hydrogen-bond donors (Lipinski definition) is 8. The molecule has 338 valence electrons. The number of aryl methyl sites for hydroxylation is 4. The quantitative estimate of drug-likeness (QED) is 0.0792. The van der Waals surface area contributed by atoms with Crippen molar-refractivity contribution in [1.29, 1.82) is 0 Å². The highest BCUT2D eigenvalue weighted by Crippen LogP contribution is 2.25.